The van der Waals surface area contributed by atoms with Crippen LogP contribution in [0.3, 0.4) is 0 Å². The van der Waals surface area contributed by atoms with Crippen molar-refractivity contribution in [3.8, 4) is 0 Å². The van der Waals surface area contributed by atoms with E-state index in [1.807, 2.05) is 18.7 Å². The van der Waals surface area contributed by atoms with Crippen LogP contribution in [0.15, 0.2) is 18.7 Å². The van der Waals surface area contributed by atoms with Gasteiger partial charge in [-0.05, 0) is 32.4 Å². The highest BCUT2D eigenvalue weighted by atomic mass is 16.6. The van der Waals surface area contributed by atoms with Crippen LogP contribution in [0, 0.1) is 0 Å². The lowest BCUT2D eigenvalue weighted by Crippen LogP contribution is -2.41. The first-order valence-electron chi connectivity index (χ1n) is 7.28. The number of hydrogen-bond donors (Lipinski definition) is 1. The molecule has 1 unspecified atom stereocenters. The molecule has 0 aliphatic carbocycles. The minimum Gasteiger partial charge on any atom is -0.376 e. The molecular weight excluding hydrogens is 242 g/mol. The van der Waals surface area contributed by atoms with E-state index in [9.17, 15) is 0 Å². The van der Waals surface area contributed by atoms with Gasteiger partial charge in [-0.2, -0.15) is 0 Å². The summed E-state index contributed by atoms with van der Waals surface area (Å²) in [6.07, 6.45) is 10.3. The monoisotopic (exact) mass is 265 g/mol. The summed E-state index contributed by atoms with van der Waals surface area (Å²) in [6.45, 7) is 4.70. The van der Waals surface area contributed by atoms with Crippen LogP contribution in [0.4, 0.5) is 0 Å². The standard InChI is InChI=1S/C14H23N3O2/c1(7-17-8-6-16-12-17)9-18-13-10-14(19-11-13)2-4-15-5-3-14/h6,8,12-13,15H,1-5,7,9-11H2. The Hall–Kier alpha value is -0.910. The SMILES string of the molecule is c1cn(CCCOC2COC3(CCNCC3)C2)cn1. The van der Waals surface area contributed by atoms with Crippen LogP contribution in [0.2, 0.25) is 0 Å². The Morgan fingerprint density at radius 2 is 2.32 bits per heavy atom. The highest BCUT2D eigenvalue weighted by Crippen LogP contribution is 2.35. The fourth-order valence-electron chi connectivity index (χ4n) is 3.06. The summed E-state index contributed by atoms with van der Waals surface area (Å²) < 4.78 is 14.1. The van der Waals surface area contributed by atoms with Crippen molar-refractivity contribution in [2.75, 3.05) is 26.3 Å². The Bertz CT molecular complexity index is 374. The molecule has 2 saturated heterocycles. The summed E-state index contributed by atoms with van der Waals surface area (Å²) in [6, 6.07) is 0. The zero-order chi connectivity index (χ0) is 13.0. The lowest BCUT2D eigenvalue weighted by atomic mass is 9.89. The fraction of sp³-hybridized carbons (Fsp3) is 0.786. The number of nitrogens with zero attached hydrogens (tertiary/aromatic N) is 2. The van der Waals surface area contributed by atoms with E-state index in [0.717, 1.165) is 58.5 Å². The molecule has 1 atom stereocenters. The second-order valence-electron chi connectivity index (χ2n) is 5.60. The Labute approximate surface area is 114 Å². The third-order valence-corrected chi connectivity index (χ3v) is 4.16. The lowest BCUT2D eigenvalue weighted by molar-refractivity contribution is -0.0234. The van der Waals surface area contributed by atoms with E-state index in [1.54, 1.807) is 0 Å². The van der Waals surface area contributed by atoms with Crippen LogP contribution in [-0.2, 0) is 16.0 Å². The highest BCUT2D eigenvalue weighted by Gasteiger charge is 2.41. The number of aromatic nitrogens is 2. The van der Waals surface area contributed by atoms with Gasteiger partial charge in [-0.3, -0.25) is 0 Å². The Balaban J connectivity index is 1.35. The van der Waals surface area contributed by atoms with Gasteiger partial charge in [-0.25, -0.2) is 4.98 Å². The van der Waals surface area contributed by atoms with Gasteiger partial charge in [0.25, 0.3) is 0 Å². The summed E-state index contributed by atoms with van der Waals surface area (Å²) in [7, 11) is 0. The molecule has 2 aliphatic heterocycles. The average Bonchev–Trinajstić information content (AvgIpc) is 3.07. The molecule has 3 rings (SSSR count). The first kappa shape index (κ1) is 13.1. The normalized spacial score (nSPS) is 26.0. The smallest absolute Gasteiger partial charge is 0.0945 e. The molecule has 1 aromatic rings. The van der Waals surface area contributed by atoms with Gasteiger partial charge in [-0.1, -0.05) is 0 Å². The highest BCUT2D eigenvalue weighted by molar-refractivity contribution is 4.93. The van der Waals surface area contributed by atoms with Crippen LogP contribution in [-0.4, -0.2) is 47.6 Å². The zero-order valence-electron chi connectivity index (χ0n) is 11.4. The number of aryl methyl sites for hydroxylation is 1. The molecule has 0 amide bonds. The average molecular weight is 265 g/mol. The topological polar surface area (TPSA) is 48.3 Å². The Morgan fingerprint density at radius 3 is 3.11 bits per heavy atom. The molecule has 3 heterocycles. The van der Waals surface area contributed by atoms with Crippen molar-refractivity contribution in [2.24, 2.45) is 0 Å². The predicted octanol–water partition coefficient (Wildman–Crippen LogP) is 1.20. The van der Waals surface area contributed by atoms with Gasteiger partial charge in [0.1, 0.15) is 0 Å². The third-order valence-electron chi connectivity index (χ3n) is 4.16. The van der Waals surface area contributed by atoms with Crippen molar-refractivity contribution in [3.05, 3.63) is 18.7 Å². The number of nitrogens with one attached hydrogen (secondary N) is 1. The summed E-state index contributed by atoms with van der Waals surface area (Å²) in [5.41, 5.74) is 0.111. The minimum atomic E-state index is 0.111. The van der Waals surface area contributed by atoms with E-state index in [2.05, 4.69) is 14.9 Å². The molecule has 0 bridgehead atoms. The molecule has 0 aromatic carbocycles. The molecule has 1 aromatic heterocycles. The second-order valence-corrected chi connectivity index (χ2v) is 5.60. The minimum absolute atomic E-state index is 0.111. The van der Waals surface area contributed by atoms with E-state index in [-0.39, 0.29) is 5.60 Å². The largest absolute Gasteiger partial charge is 0.376 e. The van der Waals surface area contributed by atoms with E-state index in [4.69, 9.17) is 9.47 Å². The van der Waals surface area contributed by atoms with Crippen molar-refractivity contribution in [1.82, 2.24) is 14.9 Å². The Morgan fingerprint density at radius 1 is 1.42 bits per heavy atom. The van der Waals surface area contributed by atoms with Gasteiger partial charge < -0.3 is 19.4 Å². The van der Waals surface area contributed by atoms with Crippen LogP contribution in [0.5, 0.6) is 0 Å². The number of rotatable bonds is 5. The second kappa shape index (κ2) is 6.03. The van der Waals surface area contributed by atoms with E-state index >= 15 is 0 Å². The van der Waals surface area contributed by atoms with Gasteiger partial charge >= 0.3 is 0 Å². The Kier molecular flexibility index (Phi) is 4.15. The van der Waals surface area contributed by atoms with Crippen molar-refractivity contribution < 1.29 is 9.47 Å². The van der Waals surface area contributed by atoms with E-state index in [1.165, 1.54) is 0 Å². The summed E-state index contributed by atoms with van der Waals surface area (Å²) in [5, 5.41) is 3.39. The molecular formula is C14H23N3O2. The van der Waals surface area contributed by atoms with Crippen LogP contribution < -0.4 is 5.32 Å². The number of hydrogen-bond acceptors (Lipinski definition) is 4. The van der Waals surface area contributed by atoms with E-state index < -0.39 is 0 Å². The number of piperidine rings is 1. The molecule has 1 N–H and O–H groups in total. The molecule has 5 nitrogen and oxygen atoms in total. The lowest BCUT2D eigenvalue weighted by Gasteiger charge is -2.32. The molecule has 106 valence electrons. The molecule has 1 spiro atoms. The van der Waals surface area contributed by atoms with Crippen LogP contribution in [0.25, 0.3) is 0 Å². The van der Waals surface area contributed by atoms with Gasteiger partial charge in [-0.15, -0.1) is 0 Å². The predicted molar refractivity (Wildman–Crippen MR) is 72.0 cm³/mol. The maximum absolute atomic E-state index is 6.02. The van der Waals surface area contributed by atoms with Crippen LogP contribution in [0.1, 0.15) is 25.7 Å². The molecule has 2 aliphatic rings. The molecule has 19 heavy (non-hydrogen) atoms. The van der Waals surface area contributed by atoms with Gasteiger partial charge in [0.15, 0.2) is 0 Å². The molecule has 0 saturated carbocycles. The zero-order valence-corrected chi connectivity index (χ0v) is 11.4. The quantitative estimate of drug-likeness (QED) is 0.813. The van der Waals surface area contributed by atoms with Crippen molar-refractivity contribution in [3.63, 3.8) is 0 Å². The van der Waals surface area contributed by atoms with E-state index in [0.29, 0.717) is 6.10 Å². The van der Waals surface area contributed by atoms with Crippen molar-refractivity contribution >= 4 is 0 Å². The van der Waals surface area contributed by atoms with Crippen LogP contribution >= 0.6 is 0 Å². The summed E-state index contributed by atoms with van der Waals surface area (Å²) in [5.74, 6) is 0. The first-order chi connectivity index (χ1) is 9.36. The molecule has 0 radical (unpaired) electrons. The first-order valence-corrected chi connectivity index (χ1v) is 7.28. The van der Waals surface area contributed by atoms with Gasteiger partial charge in [0.05, 0.1) is 24.6 Å². The maximum atomic E-state index is 6.02. The number of ether oxygens (including phenoxy) is 2. The maximum Gasteiger partial charge on any atom is 0.0945 e. The fourth-order valence-corrected chi connectivity index (χ4v) is 3.06. The summed E-state index contributed by atoms with van der Waals surface area (Å²) >= 11 is 0. The third kappa shape index (κ3) is 3.35. The summed E-state index contributed by atoms with van der Waals surface area (Å²) in [4.78, 5) is 4.03. The van der Waals surface area contributed by atoms with Gasteiger partial charge in [0, 0.05) is 32.0 Å². The molecule has 5 heteroatoms. The number of imidazole rings is 1. The van der Waals surface area contributed by atoms with Crippen molar-refractivity contribution in [2.45, 2.75) is 43.9 Å². The van der Waals surface area contributed by atoms with Crippen molar-refractivity contribution in [1.29, 1.82) is 0 Å². The molecule has 2 fully saturated rings. The van der Waals surface area contributed by atoms with Gasteiger partial charge in [0.2, 0.25) is 0 Å².